The Balaban J connectivity index is 1.64. The van der Waals surface area contributed by atoms with Gasteiger partial charge in [0.15, 0.2) is 0 Å². The Morgan fingerprint density at radius 1 is 1.11 bits per heavy atom. The van der Waals surface area contributed by atoms with Gasteiger partial charge < -0.3 is 25.5 Å². The second-order valence-electron chi connectivity index (χ2n) is 8.48. The fraction of sp³-hybridized carbons (Fsp3) is 0.185. The molecule has 1 aliphatic heterocycles. The van der Waals surface area contributed by atoms with Crippen LogP contribution in [0, 0.1) is 13.8 Å². The van der Waals surface area contributed by atoms with E-state index in [2.05, 4.69) is 15.6 Å². The highest BCUT2D eigenvalue weighted by Crippen LogP contribution is 2.34. The topological polar surface area (TPSA) is 138 Å². The summed E-state index contributed by atoms with van der Waals surface area (Å²) in [4.78, 5) is 52.7. The van der Waals surface area contributed by atoms with Gasteiger partial charge in [0.25, 0.3) is 11.8 Å². The Hall–Kier alpha value is -4.66. The highest BCUT2D eigenvalue weighted by Gasteiger charge is 2.28. The van der Waals surface area contributed by atoms with Gasteiger partial charge in [0, 0.05) is 29.1 Å². The first-order chi connectivity index (χ1) is 17.2. The van der Waals surface area contributed by atoms with E-state index in [4.69, 9.17) is 4.74 Å². The van der Waals surface area contributed by atoms with Crippen LogP contribution >= 0.6 is 0 Å². The minimum Gasteiger partial charge on any atom is -0.478 e. The second-order valence-corrected chi connectivity index (χ2v) is 8.48. The summed E-state index contributed by atoms with van der Waals surface area (Å²) in [5.74, 6) is -2.49. The van der Waals surface area contributed by atoms with E-state index in [-0.39, 0.29) is 23.5 Å². The number of H-pyrrole nitrogens is 1. The van der Waals surface area contributed by atoms with Crippen molar-refractivity contribution >= 4 is 41.1 Å². The largest absolute Gasteiger partial charge is 0.478 e. The van der Waals surface area contributed by atoms with Crippen LogP contribution in [0.15, 0.2) is 48.5 Å². The molecule has 0 spiro atoms. The van der Waals surface area contributed by atoms with Crippen molar-refractivity contribution in [3.8, 4) is 0 Å². The lowest BCUT2D eigenvalue weighted by Crippen LogP contribution is -2.43. The van der Waals surface area contributed by atoms with Gasteiger partial charge in [-0.05, 0) is 49.2 Å². The number of benzene rings is 2. The van der Waals surface area contributed by atoms with Crippen molar-refractivity contribution in [2.45, 2.75) is 26.3 Å². The molecule has 184 valence electrons. The number of anilines is 1. The average Bonchev–Trinajstić information content (AvgIpc) is 3.32. The number of amides is 2. The van der Waals surface area contributed by atoms with Crippen LogP contribution in [0.3, 0.4) is 0 Å². The molecule has 0 bridgehead atoms. The van der Waals surface area contributed by atoms with Crippen molar-refractivity contribution in [2.75, 3.05) is 12.4 Å². The molecule has 2 heterocycles. The van der Waals surface area contributed by atoms with Crippen molar-refractivity contribution in [1.82, 2.24) is 10.3 Å². The summed E-state index contributed by atoms with van der Waals surface area (Å²) < 4.78 is 4.89. The number of rotatable bonds is 7. The predicted molar refractivity (Wildman–Crippen MR) is 134 cm³/mol. The fourth-order valence-corrected chi connectivity index (χ4v) is 4.28. The maximum atomic E-state index is 13.2. The van der Waals surface area contributed by atoms with Crippen LogP contribution in [0.1, 0.15) is 48.8 Å². The highest BCUT2D eigenvalue weighted by molar-refractivity contribution is 6.35. The summed E-state index contributed by atoms with van der Waals surface area (Å²) in [7, 11) is 1.27. The van der Waals surface area contributed by atoms with E-state index in [1.807, 2.05) is 30.3 Å². The molecule has 1 unspecified atom stereocenters. The molecule has 9 nitrogen and oxygen atoms in total. The molecule has 0 radical (unpaired) electrons. The number of carboxylic acid groups (broad SMARTS) is 1. The number of carbonyl (C=O) groups is 4. The first-order valence-electron chi connectivity index (χ1n) is 11.2. The maximum Gasteiger partial charge on any atom is 0.335 e. The molecule has 2 amide bonds. The van der Waals surface area contributed by atoms with Crippen LogP contribution < -0.4 is 10.6 Å². The van der Waals surface area contributed by atoms with Gasteiger partial charge in [0.1, 0.15) is 6.04 Å². The molecule has 0 saturated heterocycles. The van der Waals surface area contributed by atoms with Gasteiger partial charge in [0.05, 0.1) is 23.8 Å². The number of nitrogens with one attached hydrogen (secondary N) is 3. The molecule has 1 aromatic heterocycles. The van der Waals surface area contributed by atoms with E-state index >= 15 is 0 Å². The van der Waals surface area contributed by atoms with Gasteiger partial charge in [0.2, 0.25) is 0 Å². The zero-order valence-electron chi connectivity index (χ0n) is 20.0. The monoisotopic (exact) mass is 487 g/mol. The van der Waals surface area contributed by atoms with Crippen molar-refractivity contribution < 1.29 is 29.0 Å². The fourth-order valence-electron chi connectivity index (χ4n) is 4.28. The summed E-state index contributed by atoms with van der Waals surface area (Å²) >= 11 is 0. The molecule has 2 aromatic carbocycles. The Kier molecular flexibility index (Phi) is 6.73. The quantitative estimate of drug-likeness (QED) is 0.298. The van der Waals surface area contributed by atoms with Gasteiger partial charge in [-0.25, -0.2) is 9.59 Å². The number of methoxy groups -OCH3 is 1. The zero-order chi connectivity index (χ0) is 26.0. The zero-order valence-corrected chi connectivity index (χ0v) is 20.0. The third kappa shape index (κ3) is 4.76. The first-order valence-corrected chi connectivity index (χ1v) is 11.2. The van der Waals surface area contributed by atoms with E-state index < -0.39 is 23.9 Å². The first kappa shape index (κ1) is 24.5. The van der Waals surface area contributed by atoms with Gasteiger partial charge in [-0.3, -0.25) is 9.59 Å². The third-order valence-corrected chi connectivity index (χ3v) is 6.12. The van der Waals surface area contributed by atoms with Crippen LogP contribution in [0.5, 0.6) is 0 Å². The lowest BCUT2D eigenvalue weighted by atomic mass is 10.0. The molecule has 0 aliphatic carbocycles. The van der Waals surface area contributed by atoms with Gasteiger partial charge >= 0.3 is 11.9 Å². The highest BCUT2D eigenvalue weighted by atomic mass is 16.5. The summed E-state index contributed by atoms with van der Waals surface area (Å²) in [6.07, 6.45) is 1.86. The van der Waals surface area contributed by atoms with E-state index in [1.165, 1.54) is 19.2 Å². The van der Waals surface area contributed by atoms with Crippen molar-refractivity contribution in [3.05, 3.63) is 87.7 Å². The molecule has 4 rings (SSSR count). The number of aryl methyl sites for hydroxylation is 1. The van der Waals surface area contributed by atoms with Gasteiger partial charge in [-0.1, -0.05) is 30.3 Å². The van der Waals surface area contributed by atoms with Crippen LogP contribution in [0.4, 0.5) is 5.69 Å². The molecular weight excluding hydrogens is 462 g/mol. The molecule has 3 aromatic rings. The summed E-state index contributed by atoms with van der Waals surface area (Å²) in [5, 5.41) is 14.8. The maximum absolute atomic E-state index is 13.2. The molecule has 0 fully saturated rings. The number of hydrogen-bond acceptors (Lipinski definition) is 5. The average molecular weight is 488 g/mol. The number of aromatic amines is 1. The summed E-state index contributed by atoms with van der Waals surface area (Å²) in [5.41, 5.74) is 4.19. The van der Waals surface area contributed by atoms with E-state index in [0.717, 1.165) is 5.56 Å². The molecule has 1 aliphatic rings. The number of carbonyl (C=O) groups excluding carboxylic acids is 3. The van der Waals surface area contributed by atoms with Gasteiger partial charge in [-0.15, -0.1) is 0 Å². The molecule has 1 atom stereocenters. The Morgan fingerprint density at radius 2 is 1.83 bits per heavy atom. The lowest BCUT2D eigenvalue weighted by Gasteiger charge is -2.17. The number of esters is 1. The van der Waals surface area contributed by atoms with Crippen LogP contribution in [-0.2, 0) is 20.7 Å². The molecule has 0 saturated carbocycles. The number of aromatic nitrogens is 1. The normalized spacial score (nSPS) is 14.2. The minimum absolute atomic E-state index is 0.0582. The number of carboxylic acids is 1. The Bertz CT molecular complexity index is 1400. The molecule has 36 heavy (non-hydrogen) atoms. The smallest absolute Gasteiger partial charge is 0.335 e. The predicted octanol–water partition coefficient (Wildman–Crippen LogP) is 3.34. The van der Waals surface area contributed by atoms with E-state index in [9.17, 15) is 24.3 Å². The summed E-state index contributed by atoms with van der Waals surface area (Å²) in [6, 6.07) is 12.8. The number of aromatic carboxylic acids is 1. The molecular formula is C27H25N3O6. The van der Waals surface area contributed by atoms with Crippen LogP contribution in [-0.4, -0.2) is 47.0 Å². The third-order valence-electron chi connectivity index (χ3n) is 6.12. The van der Waals surface area contributed by atoms with E-state index in [1.54, 1.807) is 26.0 Å². The van der Waals surface area contributed by atoms with Crippen LogP contribution in [0.25, 0.3) is 11.6 Å². The van der Waals surface area contributed by atoms with Crippen LogP contribution in [0.2, 0.25) is 0 Å². The standard InChI is InChI=1S/C27H25N3O6/c1-14-21(13-19-18-12-17(26(33)34)9-10-20(18)29-24(19)31)28-15(2)23(14)25(32)30-22(27(35)36-3)11-16-7-5-4-6-8-16/h4-10,12-13,22,28H,11H2,1-3H3,(H,29,31)(H,30,32)(H,33,34). The number of hydrogen-bond donors (Lipinski definition) is 4. The number of ether oxygens (including phenoxy) is 1. The van der Waals surface area contributed by atoms with Crippen molar-refractivity contribution in [1.29, 1.82) is 0 Å². The SMILES string of the molecule is COC(=O)C(Cc1ccccc1)NC(=O)c1c(C)[nH]c(C=C2C(=O)Nc3ccc(C(=O)O)cc32)c1C. The van der Waals surface area contributed by atoms with E-state index in [0.29, 0.717) is 33.8 Å². The van der Waals surface area contributed by atoms with Crippen molar-refractivity contribution in [3.63, 3.8) is 0 Å². The second kappa shape index (κ2) is 9.91. The lowest BCUT2D eigenvalue weighted by molar-refractivity contribution is -0.142. The number of fused-ring (bicyclic) bond motifs is 1. The molecule has 4 N–H and O–H groups in total. The summed E-state index contributed by atoms with van der Waals surface area (Å²) in [6.45, 7) is 3.45. The Labute approximate surface area is 207 Å². The van der Waals surface area contributed by atoms with Gasteiger partial charge in [-0.2, -0.15) is 0 Å². The minimum atomic E-state index is -1.10. The van der Waals surface area contributed by atoms with Crippen molar-refractivity contribution in [2.24, 2.45) is 0 Å². The molecule has 9 heteroatoms. The Morgan fingerprint density at radius 3 is 2.50 bits per heavy atom.